The second-order valence-corrected chi connectivity index (χ2v) is 9.67. The molecular formula is C26H43N3O5. The number of hydrogen-bond acceptors (Lipinski definition) is 5. The molecule has 34 heavy (non-hydrogen) atoms. The summed E-state index contributed by atoms with van der Waals surface area (Å²) in [6, 6.07) is 5.53. The third-order valence-electron chi connectivity index (χ3n) is 5.65. The topological polar surface area (TPSA) is 108 Å². The molecule has 1 rings (SSSR count). The average molecular weight is 478 g/mol. The van der Waals surface area contributed by atoms with Crippen molar-refractivity contribution in [2.24, 2.45) is 5.92 Å². The molecule has 0 fully saturated rings. The molecule has 0 aromatic heterocycles. The normalized spacial score (nSPS) is 14.0. The summed E-state index contributed by atoms with van der Waals surface area (Å²) < 4.78 is 5.38. The number of nitrogens with one attached hydrogen (secondary N) is 2. The molecule has 8 heteroatoms. The van der Waals surface area contributed by atoms with Crippen LogP contribution >= 0.6 is 0 Å². The van der Waals surface area contributed by atoms with E-state index < -0.39 is 29.7 Å². The predicted octanol–water partition coefficient (Wildman–Crippen LogP) is 3.71. The highest BCUT2D eigenvalue weighted by molar-refractivity contribution is 5.92. The van der Waals surface area contributed by atoms with Crippen molar-refractivity contribution < 1.29 is 24.2 Å². The molecule has 1 aromatic carbocycles. The first-order valence-electron chi connectivity index (χ1n) is 12.2. The van der Waals surface area contributed by atoms with E-state index in [-0.39, 0.29) is 25.0 Å². The minimum absolute atomic E-state index is 0.0536. The maximum atomic E-state index is 13.9. The van der Waals surface area contributed by atoms with Crippen LogP contribution in [0.4, 0.5) is 4.79 Å². The van der Waals surface area contributed by atoms with Crippen LogP contribution in [0, 0.1) is 12.8 Å². The first-order valence-corrected chi connectivity index (χ1v) is 12.2. The van der Waals surface area contributed by atoms with Gasteiger partial charge in [-0.3, -0.25) is 9.59 Å². The number of aliphatic hydroxyl groups excluding tert-OH is 1. The second-order valence-electron chi connectivity index (χ2n) is 9.67. The standard InChI is InChI=1S/C26H43N3O5/c1-8-10-15-27-23(31)22(20-14-12-11-13-19(20)4)29(16-17-30)24(32)21(18(3)9-2)28-25(33)34-26(5,6)7/h11-14,18,21-22,30H,8-10,15-17H2,1-7H3,(H,27,31)(H,28,33). The Balaban J connectivity index is 3.41. The molecule has 0 heterocycles. The van der Waals surface area contributed by atoms with Gasteiger partial charge in [0.1, 0.15) is 17.7 Å². The fourth-order valence-corrected chi connectivity index (χ4v) is 3.60. The van der Waals surface area contributed by atoms with Crippen molar-refractivity contribution in [3.63, 3.8) is 0 Å². The number of rotatable bonds is 12. The Hall–Kier alpha value is -2.61. The van der Waals surface area contributed by atoms with Crippen LogP contribution in [0.25, 0.3) is 0 Å². The van der Waals surface area contributed by atoms with E-state index in [1.54, 1.807) is 20.8 Å². The van der Waals surface area contributed by atoms with Crippen LogP contribution in [0.15, 0.2) is 24.3 Å². The van der Waals surface area contributed by atoms with Crippen molar-refractivity contribution in [3.8, 4) is 0 Å². The van der Waals surface area contributed by atoms with Gasteiger partial charge in [-0.2, -0.15) is 0 Å². The Morgan fingerprint density at radius 2 is 1.79 bits per heavy atom. The molecule has 0 spiro atoms. The molecule has 1 aromatic rings. The number of aliphatic hydroxyl groups is 1. The molecule has 3 N–H and O–H groups in total. The van der Waals surface area contributed by atoms with Crippen molar-refractivity contribution >= 4 is 17.9 Å². The quantitative estimate of drug-likeness (QED) is 0.398. The summed E-state index contributed by atoms with van der Waals surface area (Å²) in [5.41, 5.74) is 0.813. The minimum Gasteiger partial charge on any atom is -0.444 e. The van der Waals surface area contributed by atoms with Gasteiger partial charge in [0.25, 0.3) is 0 Å². The Bertz CT molecular complexity index is 806. The summed E-state index contributed by atoms with van der Waals surface area (Å²) in [5, 5.41) is 15.5. The molecule has 8 nitrogen and oxygen atoms in total. The Morgan fingerprint density at radius 1 is 1.15 bits per heavy atom. The lowest BCUT2D eigenvalue weighted by atomic mass is 9.94. The highest BCUT2D eigenvalue weighted by atomic mass is 16.6. The average Bonchev–Trinajstić information content (AvgIpc) is 2.76. The van der Waals surface area contributed by atoms with Gasteiger partial charge in [0, 0.05) is 13.1 Å². The largest absolute Gasteiger partial charge is 0.444 e. The number of alkyl carbamates (subject to hydrolysis) is 1. The maximum Gasteiger partial charge on any atom is 0.408 e. The van der Waals surface area contributed by atoms with Gasteiger partial charge in [-0.15, -0.1) is 0 Å². The first-order chi connectivity index (χ1) is 16.0. The van der Waals surface area contributed by atoms with E-state index in [0.29, 0.717) is 18.5 Å². The lowest BCUT2D eigenvalue weighted by Gasteiger charge is -2.36. The number of benzene rings is 1. The fraction of sp³-hybridized carbons (Fsp3) is 0.654. The first kappa shape index (κ1) is 29.4. The van der Waals surface area contributed by atoms with E-state index in [9.17, 15) is 19.5 Å². The number of nitrogens with zero attached hydrogens (tertiary/aromatic N) is 1. The summed E-state index contributed by atoms with van der Waals surface area (Å²) in [7, 11) is 0. The fourth-order valence-electron chi connectivity index (χ4n) is 3.60. The minimum atomic E-state index is -0.940. The van der Waals surface area contributed by atoms with Crippen LogP contribution in [0.5, 0.6) is 0 Å². The van der Waals surface area contributed by atoms with E-state index in [4.69, 9.17) is 4.74 Å². The predicted molar refractivity (Wildman–Crippen MR) is 133 cm³/mol. The zero-order valence-corrected chi connectivity index (χ0v) is 21.8. The second kappa shape index (κ2) is 13.9. The van der Waals surface area contributed by atoms with E-state index in [1.807, 2.05) is 52.0 Å². The number of aryl methyl sites for hydroxylation is 1. The molecule has 0 radical (unpaired) electrons. The number of unbranched alkanes of at least 4 members (excludes halogenated alkanes) is 1. The summed E-state index contributed by atoms with van der Waals surface area (Å²) >= 11 is 0. The highest BCUT2D eigenvalue weighted by Gasteiger charge is 2.38. The Morgan fingerprint density at radius 3 is 2.32 bits per heavy atom. The molecule has 0 saturated heterocycles. The molecule has 0 aliphatic rings. The van der Waals surface area contributed by atoms with Crippen LogP contribution < -0.4 is 10.6 Å². The van der Waals surface area contributed by atoms with Crippen LogP contribution in [0.1, 0.15) is 78.0 Å². The molecule has 0 bridgehead atoms. The van der Waals surface area contributed by atoms with Gasteiger partial charge in [0.05, 0.1) is 6.61 Å². The lowest BCUT2D eigenvalue weighted by Crippen LogP contribution is -2.55. The van der Waals surface area contributed by atoms with Crippen LogP contribution in [-0.2, 0) is 14.3 Å². The maximum absolute atomic E-state index is 13.9. The number of hydrogen-bond donors (Lipinski definition) is 3. The highest BCUT2D eigenvalue weighted by Crippen LogP contribution is 2.26. The number of carbonyl (C=O) groups is 3. The van der Waals surface area contributed by atoms with Gasteiger partial charge in [-0.25, -0.2) is 4.79 Å². The molecule has 0 aliphatic carbocycles. The van der Waals surface area contributed by atoms with E-state index in [0.717, 1.165) is 18.4 Å². The van der Waals surface area contributed by atoms with E-state index in [1.165, 1.54) is 4.90 Å². The van der Waals surface area contributed by atoms with Crippen molar-refractivity contribution in [2.45, 2.75) is 85.4 Å². The van der Waals surface area contributed by atoms with Crippen LogP contribution in [0.2, 0.25) is 0 Å². The number of carbonyl (C=O) groups excluding carboxylic acids is 3. The molecular weight excluding hydrogens is 434 g/mol. The summed E-state index contributed by atoms with van der Waals surface area (Å²) in [6.45, 7) is 13.1. The van der Waals surface area contributed by atoms with Crippen molar-refractivity contribution in [1.29, 1.82) is 0 Å². The summed E-state index contributed by atoms with van der Waals surface area (Å²) in [5.74, 6) is -0.972. The van der Waals surface area contributed by atoms with Gasteiger partial charge in [0.2, 0.25) is 11.8 Å². The Kier molecular flexibility index (Phi) is 12.1. The molecule has 192 valence electrons. The van der Waals surface area contributed by atoms with Gasteiger partial charge < -0.3 is 25.4 Å². The van der Waals surface area contributed by atoms with Crippen LogP contribution in [0.3, 0.4) is 0 Å². The summed E-state index contributed by atoms with van der Waals surface area (Å²) in [6.07, 6.45) is 1.66. The van der Waals surface area contributed by atoms with Crippen molar-refractivity contribution in [1.82, 2.24) is 15.5 Å². The molecule has 3 unspecified atom stereocenters. The smallest absolute Gasteiger partial charge is 0.408 e. The van der Waals surface area contributed by atoms with Crippen molar-refractivity contribution in [2.75, 3.05) is 19.7 Å². The molecule has 3 atom stereocenters. The van der Waals surface area contributed by atoms with Crippen molar-refractivity contribution in [3.05, 3.63) is 35.4 Å². The molecule has 0 saturated carbocycles. The van der Waals surface area contributed by atoms with Gasteiger partial charge in [-0.05, 0) is 51.2 Å². The van der Waals surface area contributed by atoms with E-state index in [2.05, 4.69) is 10.6 Å². The lowest BCUT2D eigenvalue weighted by molar-refractivity contribution is -0.144. The summed E-state index contributed by atoms with van der Waals surface area (Å²) in [4.78, 5) is 41.1. The van der Waals surface area contributed by atoms with Gasteiger partial charge >= 0.3 is 6.09 Å². The number of ether oxygens (including phenoxy) is 1. The van der Waals surface area contributed by atoms with Gasteiger partial charge in [-0.1, -0.05) is 57.9 Å². The van der Waals surface area contributed by atoms with Crippen LogP contribution in [-0.4, -0.2) is 59.3 Å². The zero-order valence-electron chi connectivity index (χ0n) is 21.8. The zero-order chi connectivity index (χ0) is 25.9. The monoisotopic (exact) mass is 477 g/mol. The third-order valence-corrected chi connectivity index (χ3v) is 5.65. The van der Waals surface area contributed by atoms with E-state index >= 15 is 0 Å². The molecule has 0 aliphatic heterocycles. The van der Waals surface area contributed by atoms with Gasteiger partial charge in [0.15, 0.2) is 0 Å². The Labute approximate surface area is 204 Å². The SMILES string of the molecule is CCCCNC(=O)C(c1ccccc1C)N(CCO)C(=O)C(NC(=O)OC(C)(C)C)C(C)CC. The third kappa shape index (κ3) is 8.97. The molecule has 3 amide bonds. The number of amides is 3.